The van der Waals surface area contributed by atoms with Crippen LogP contribution in [0.3, 0.4) is 0 Å². The van der Waals surface area contributed by atoms with Gasteiger partial charge >= 0.3 is 0 Å². The third-order valence-electron chi connectivity index (χ3n) is 2.20. The summed E-state index contributed by atoms with van der Waals surface area (Å²) in [5.41, 5.74) is 2.07. The molecule has 0 aliphatic heterocycles. The van der Waals surface area contributed by atoms with Gasteiger partial charge in [-0.25, -0.2) is 4.99 Å². The second-order valence-corrected chi connectivity index (χ2v) is 3.92. The van der Waals surface area contributed by atoms with Crippen LogP contribution >= 0.6 is 11.6 Å². The van der Waals surface area contributed by atoms with Crippen molar-refractivity contribution in [1.29, 1.82) is 0 Å². The highest BCUT2D eigenvalue weighted by Gasteiger charge is 1.97. The summed E-state index contributed by atoms with van der Waals surface area (Å²) < 4.78 is 0. The number of aliphatic imine (C=N–C) groups is 1. The zero-order chi connectivity index (χ0) is 11.2. The predicted molar refractivity (Wildman–Crippen MR) is 69.5 cm³/mol. The van der Waals surface area contributed by atoms with Crippen LogP contribution in [0.1, 0.15) is 5.56 Å². The summed E-state index contributed by atoms with van der Waals surface area (Å²) in [6.45, 7) is 0. The molecule has 0 unspecified atom stereocenters. The van der Waals surface area contributed by atoms with Gasteiger partial charge in [-0.05, 0) is 17.7 Å². The van der Waals surface area contributed by atoms with Gasteiger partial charge in [0.2, 0.25) is 0 Å². The zero-order valence-corrected chi connectivity index (χ0v) is 9.56. The van der Waals surface area contributed by atoms with Crippen molar-refractivity contribution in [1.82, 2.24) is 0 Å². The Kier molecular flexibility index (Phi) is 3.73. The smallest absolute Gasteiger partial charge is 0.111 e. The Morgan fingerprint density at radius 1 is 0.875 bits per heavy atom. The Balaban J connectivity index is 2.09. The monoisotopic (exact) mass is 229 g/mol. The maximum Gasteiger partial charge on any atom is 0.111 e. The minimum atomic E-state index is 0.609. The van der Waals surface area contributed by atoms with Crippen LogP contribution in [0.25, 0.3) is 0 Å². The molecule has 0 saturated carbocycles. The molecule has 0 atom stereocenters. The zero-order valence-electron chi connectivity index (χ0n) is 8.81. The number of benzene rings is 2. The van der Waals surface area contributed by atoms with Crippen molar-refractivity contribution >= 4 is 22.5 Å². The molecule has 0 saturated heterocycles. The highest BCUT2D eigenvalue weighted by atomic mass is 35.5. The topological polar surface area (TPSA) is 12.4 Å². The average molecular weight is 230 g/mol. The van der Waals surface area contributed by atoms with Gasteiger partial charge in [0.1, 0.15) is 5.17 Å². The highest BCUT2D eigenvalue weighted by Crippen LogP contribution is 2.13. The summed E-state index contributed by atoms with van der Waals surface area (Å²) in [5, 5.41) is 0.609. The number of nitrogens with zero attached hydrogens (tertiary/aromatic N) is 1. The van der Waals surface area contributed by atoms with E-state index in [4.69, 9.17) is 11.6 Å². The lowest BCUT2D eigenvalue weighted by Gasteiger charge is -1.99. The molecular weight excluding hydrogens is 218 g/mol. The normalized spacial score (nSPS) is 11.4. The molecule has 0 fully saturated rings. The van der Waals surface area contributed by atoms with Gasteiger partial charge < -0.3 is 0 Å². The summed E-state index contributed by atoms with van der Waals surface area (Å²) in [5.74, 6) is 0. The standard InChI is InChI=1S/C14H12ClN/c15-14(11-12-7-3-1-4-8-12)16-13-9-5-2-6-10-13/h1-10H,11H2. The van der Waals surface area contributed by atoms with Gasteiger partial charge in [-0.1, -0.05) is 60.1 Å². The first-order valence-electron chi connectivity index (χ1n) is 5.16. The second kappa shape index (κ2) is 5.47. The summed E-state index contributed by atoms with van der Waals surface area (Å²) in [4.78, 5) is 4.34. The molecule has 0 N–H and O–H groups in total. The molecule has 0 radical (unpaired) electrons. The van der Waals surface area contributed by atoms with Crippen molar-refractivity contribution in [3.8, 4) is 0 Å². The molecule has 0 spiro atoms. The van der Waals surface area contributed by atoms with Crippen LogP contribution in [0.5, 0.6) is 0 Å². The third kappa shape index (κ3) is 3.21. The summed E-state index contributed by atoms with van der Waals surface area (Å²) in [7, 11) is 0. The van der Waals surface area contributed by atoms with Crippen LogP contribution in [0, 0.1) is 0 Å². The van der Waals surface area contributed by atoms with Gasteiger partial charge in [0.15, 0.2) is 0 Å². The number of halogens is 1. The van der Waals surface area contributed by atoms with Crippen molar-refractivity contribution in [2.75, 3.05) is 0 Å². The van der Waals surface area contributed by atoms with E-state index in [9.17, 15) is 0 Å². The van der Waals surface area contributed by atoms with E-state index in [1.807, 2.05) is 60.7 Å². The van der Waals surface area contributed by atoms with Crippen molar-refractivity contribution < 1.29 is 0 Å². The van der Waals surface area contributed by atoms with Gasteiger partial charge in [-0.15, -0.1) is 0 Å². The second-order valence-electron chi connectivity index (χ2n) is 3.49. The Hall–Kier alpha value is -1.60. The Bertz CT molecular complexity index is 463. The molecule has 0 amide bonds. The van der Waals surface area contributed by atoms with Crippen molar-refractivity contribution in [3.05, 3.63) is 66.2 Å². The van der Waals surface area contributed by atoms with Gasteiger partial charge in [0.05, 0.1) is 5.69 Å². The third-order valence-corrected chi connectivity index (χ3v) is 2.42. The Morgan fingerprint density at radius 3 is 2.06 bits per heavy atom. The molecule has 0 aliphatic rings. The van der Waals surface area contributed by atoms with Crippen LogP contribution in [-0.2, 0) is 6.42 Å². The Morgan fingerprint density at radius 2 is 1.44 bits per heavy atom. The maximum absolute atomic E-state index is 6.10. The lowest BCUT2D eigenvalue weighted by atomic mass is 10.2. The molecule has 0 heterocycles. The summed E-state index contributed by atoms with van der Waals surface area (Å²) in [6, 6.07) is 19.8. The first-order valence-corrected chi connectivity index (χ1v) is 5.54. The number of para-hydroxylation sites is 1. The minimum Gasteiger partial charge on any atom is -0.241 e. The van der Waals surface area contributed by atoms with E-state index in [0.29, 0.717) is 11.6 Å². The average Bonchev–Trinajstić information content (AvgIpc) is 2.31. The largest absolute Gasteiger partial charge is 0.241 e. The first-order chi connectivity index (χ1) is 7.84. The fraction of sp³-hybridized carbons (Fsp3) is 0.0714. The number of rotatable bonds is 3. The van der Waals surface area contributed by atoms with Crippen LogP contribution in [0.2, 0.25) is 0 Å². The quantitative estimate of drug-likeness (QED) is 0.700. The molecule has 2 aromatic rings. The Labute approximate surface area is 100 Å². The molecule has 1 nitrogen and oxygen atoms in total. The lowest BCUT2D eigenvalue weighted by molar-refractivity contribution is 1.33. The van der Waals surface area contributed by atoms with E-state index in [2.05, 4.69) is 4.99 Å². The van der Waals surface area contributed by atoms with Crippen LogP contribution in [0.15, 0.2) is 65.7 Å². The van der Waals surface area contributed by atoms with Crippen LogP contribution < -0.4 is 0 Å². The molecule has 0 aromatic heterocycles. The lowest BCUT2D eigenvalue weighted by Crippen LogP contribution is -1.93. The SMILES string of the molecule is ClC(Cc1ccccc1)=Nc1ccccc1. The number of hydrogen-bond donors (Lipinski definition) is 0. The molecule has 80 valence electrons. The number of hydrogen-bond acceptors (Lipinski definition) is 1. The molecule has 0 bridgehead atoms. The predicted octanol–water partition coefficient (Wildman–Crippen LogP) is 4.20. The van der Waals surface area contributed by atoms with Gasteiger partial charge in [0.25, 0.3) is 0 Å². The molecule has 2 aromatic carbocycles. The fourth-order valence-electron chi connectivity index (χ4n) is 1.45. The van der Waals surface area contributed by atoms with Crippen LogP contribution in [-0.4, -0.2) is 5.17 Å². The van der Waals surface area contributed by atoms with Crippen LogP contribution in [0.4, 0.5) is 5.69 Å². The summed E-state index contributed by atoms with van der Waals surface area (Å²) in [6.07, 6.45) is 0.678. The van der Waals surface area contributed by atoms with Crippen molar-refractivity contribution in [3.63, 3.8) is 0 Å². The summed E-state index contributed by atoms with van der Waals surface area (Å²) >= 11 is 6.10. The van der Waals surface area contributed by atoms with E-state index < -0.39 is 0 Å². The van der Waals surface area contributed by atoms with E-state index in [1.165, 1.54) is 5.56 Å². The first kappa shape index (κ1) is 10.9. The van der Waals surface area contributed by atoms with Gasteiger partial charge in [0, 0.05) is 6.42 Å². The van der Waals surface area contributed by atoms with Crippen molar-refractivity contribution in [2.45, 2.75) is 6.42 Å². The highest BCUT2D eigenvalue weighted by molar-refractivity contribution is 6.65. The van der Waals surface area contributed by atoms with Crippen molar-refractivity contribution in [2.24, 2.45) is 4.99 Å². The fourth-order valence-corrected chi connectivity index (χ4v) is 1.70. The van der Waals surface area contributed by atoms with E-state index in [0.717, 1.165) is 5.69 Å². The minimum absolute atomic E-state index is 0.609. The molecule has 2 heteroatoms. The van der Waals surface area contributed by atoms with E-state index in [1.54, 1.807) is 0 Å². The maximum atomic E-state index is 6.10. The van der Waals surface area contributed by atoms with Gasteiger partial charge in [-0.3, -0.25) is 0 Å². The molecule has 16 heavy (non-hydrogen) atoms. The van der Waals surface area contributed by atoms with E-state index >= 15 is 0 Å². The molecule has 0 aliphatic carbocycles. The van der Waals surface area contributed by atoms with E-state index in [-0.39, 0.29) is 0 Å². The molecule has 2 rings (SSSR count). The molecular formula is C14H12ClN. The van der Waals surface area contributed by atoms with Gasteiger partial charge in [-0.2, -0.15) is 0 Å².